The molecular weight excluding hydrogens is 212 g/mol. The number of benzene rings is 1. The second kappa shape index (κ2) is 4.17. The Morgan fingerprint density at radius 2 is 2.18 bits per heavy atom. The van der Waals surface area contributed by atoms with Crippen molar-refractivity contribution in [1.82, 2.24) is 10.3 Å². The summed E-state index contributed by atoms with van der Waals surface area (Å²) in [5, 5.41) is 14.3. The van der Waals surface area contributed by atoms with Crippen molar-refractivity contribution in [2.24, 2.45) is 0 Å². The van der Waals surface area contributed by atoms with Gasteiger partial charge in [0.05, 0.1) is 12.6 Å². The summed E-state index contributed by atoms with van der Waals surface area (Å²) < 4.78 is 0. The van der Waals surface area contributed by atoms with Crippen LogP contribution in [0, 0.1) is 6.92 Å². The molecule has 2 aromatic rings. The van der Waals surface area contributed by atoms with Gasteiger partial charge in [-0.2, -0.15) is 0 Å². The average molecular weight is 230 g/mol. The quantitative estimate of drug-likeness (QED) is 0.754. The third-order valence-electron chi connectivity index (χ3n) is 3.49. The molecule has 0 aliphatic heterocycles. The van der Waals surface area contributed by atoms with Crippen LogP contribution in [0.4, 0.5) is 0 Å². The van der Waals surface area contributed by atoms with E-state index in [4.69, 9.17) is 0 Å². The van der Waals surface area contributed by atoms with Crippen LogP contribution in [0.5, 0.6) is 0 Å². The lowest BCUT2D eigenvalue weighted by atomic mass is 10.0. The van der Waals surface area contributed by atoms with Crippen molar-refractivity contribution in [2.75, 3.05) is 6.61 Å². The highest BCUT2D eigenvalue weighted by Crippen LogP contribution is 2.30. The van der Waals surface area contributed by atoms with Crippen LogP contribution in [0.25, 0.3) is 10.9 Å². The second-order valence-corrected chi connectivity index (χ2v) is 4.89. The Balaban J connectivity index is 2.03. The van der Waals surface area contributed by atoms with Gasteiger partial charge in [0.1, 0.15) is 0 Å². The van der Waals surface area contributed by atoms with Crippen molar-refractivity contribution < 1.29 is 5.11 Å². The SMILES string of the molecule is Cc1[nH]c2ccccc2c1C(CO)NC1CC1. The summed E-state index contributed by atoms with van der Waals surface area (Å²) in [7, 11) is 0. The van der Waals surface area contributed by atoms with E-state index in [1.165, 1.54) is 23.8 Å². The fraction of sp³-hybridized carbons (Fsp3) is 0.429. The number of nitrogens with one attached hydrogen (secondary N) is 2. The van der Waals surface area contributed by atoms with E-state index >= 15 is 0 Å². The van der Waals surface area contributed by atoms with Crippen molar-refractivity contribution >= 4 is 10.9 Å². The second-order valence-electron chi connectivity index (χ2n) is 4.89. The fourth-order valence-corrected chi connectivity index (χ4v) is 2.51. The Hall–Kier alpha value is -1.32. The predicted octanol–water partition coefficient (Wildman–Crippen LogP) is 2.26. The van der Waals surface area contributed by atoms with Crippen LogP contribution in [0.1, 0.15) is 30.1 Å². The van der Waals surface area contributed by atoms with Crippen LogP contribution >= 0.6 is 0 Å². The largest absolute Gasteiger partial charge is 0.394 e. The van der Waals surface area contributed by atoms with Gasteiger partial charge in [-0.25, -0.2) is 0 Å². The molecule has 0 saturated heterocycles. The highest BCUT2D eigenvalue weighted by atomic mass is 16.3. The van der Waals surface area contributed by atoms with Gasteiger partial charge in [0.2, 0.25) is 0 Å². The minimum absolute atomic E-state index is 0.0543. The summed E-state index contributed by atoms with van der Waals surface area (Å²) in [5.41, 5.74) is 3.52. The third kappa shape index (κ3) is 1.96. The molecule has 3 N–H and O–H groups in total. The van der Waals surface area contributed by atoms with Crippen molar-refractivity contribution in [3.05, 3.63) is 35.5 Å². The highest BCUT2D eigenvalue weighted by Gasteiger charge is 2.27. The van der Waals surface area contributed by atoms with Gasteiger partial charge in [-0.05, 0) is 31.4 Å². The lowest BCUT2D eigenvalue weighted by Crippen LogP contribution is -2.26. The molecule has 0 amide bonds. The summed E-state index contributed by atoms with van der Waals surface area (Å²) in [6, 6.07) is 8.93. The molecular formula is C14H18N2O. The smallest absolute Gasteiger partial charge is 0.0627 e. The first-order chi connectivity index (χ1) is 8.29. The Bertz CT molecular complexity index is 528. The number of aromatic nitrogens is 1. The molecule has 17 heavy (non-hydrogen) atoms. The van der Waals surface area contributed by atoms with E-state index in [9.17, 15) is 5.11 Å². The molecule has 3 nitrogen and oxygen atoms in total. The molecule has 3 heteroatoms. The van der Waals surface area contributed by atoms with E-state index in [0.29, 0.717) is 6.04 Å². The van der Waals surface area contributed by atoms with Crippen LogP contribution in [0.2, 0.25) is 0 Å². The number of aliphatic hydroxyl groups excluding tert-OH is 1. The van der Waals surface area contributed by atoms with Gasteiger partial charge in [-0.15, -0.1) is 0 Å². The van der Waals surface area contributed by atoms with Gasteiger partial charge < -0.3 is 15.4 Å². The van der Waals surface area contributed by atoms with Gasteiger partial charge in [0.15, 0.2) is 0 Å². The molecule has 1 unspecified atom stereocenters. The third-order valence-corrected chi connectivity index (χ3v) is 3.49. The van der Waals surface area contributed by atoms with E-state index < -0.39 is 0 Å². The number of rotatable bonds is 4. The molecule has 1 heterocycles. The Kier molecular flexibility index (Phi) is 2.65. The number of H-pyrrole nitrogens is 1. The molecule has 1 aromatic heterocycles. The van der Waals surface area contributed by atoms with E-state index in [2.05, 4.69) is 29.4 Å². The molecule has 0 bridgehead atoms. The maximum atomic E-state index is 9.58. The monoisotopic (exact) mass is 230 g/mol. The molecule has 1 saturated carbocycles. The number of aromatic amines is 1. The van der Waals surface area contributed by atoms with E-state index in [1.54, 1.807) is 0 Å². The summed E-state index contributed by atoms with van der Waals surface area (Å²) >= 11 is 0. The van der Waals surface area contributed by atoms with Crippen LogP contribution in [-0.2, 0) is 0 Å². The zero-order valence-electron chi connectivity index (χ0n) is 10.0. The van der Waals surface area contributed by atoms with Crippen molar-refractivity contribution in [3.8, 4) is 0 Å². The van der Waals surface area contributed by atoms with Crippen LogP contribution in [-0.4, -0.2) is 22.7 Å². The fourth-order valence-electron chi connectivity index (χ4n) is 2.51. The summed E-state index contributed by atoms with van der Waals surface area (Å²) in [6.07, 6.45) is 2.47. The maximum Gasteiger partial charge on any atom is 0.0627 e. The Morgan fingerprint density at radius 3 is 2.88 bits per heavy atom. The Morgan fingerprint density at radius 1 is 1.41 bits per heavy atom. The zero-order chi connectivity index (χ0) is 11.8. The first-order valence-electron chi connectivity index (χ1n) is 6.23. The molecule has 1 aromatic carbocycles. The highest BCUT2D eigenvalue weighted by molar-refractivity contribution is 5.85. The molecule has 1 aliphatic rings. The van der Waals surface area contributed by atoms with Crippen molar-refractivity contribution in [3.63, 3.8) is 0 Å². The first-order valence-corrected chi connectivity index (χ1v) is 6.23. The van der Waals surface area contributed by atoms with Gasteiger partial charge in [-0.3, -0.25) is 0 Å². The number of aryl methyl sites for hydroxylation is 1. The van der Waals surface area contributed by atoms with Crippen LogP contribution < -0.4 is 5.32 Å². The van der Waals surface area contributed by atoms with Crippen LogP contribution in [0.15, 0.2) is 24.3 Å². The van der Waals surface area contributed by atoms with Gasteiger partial charge in [-0.1, -0.05) is 18.2 Å². The number of hydrogen-bond donors (Lipinski definition) is 3. The number of hydrogen-bond acceptors (Lipinski definition) is 2. The van der Waals surface area contributed by atoms with E-state index in [1.807, 2.05) is 12.1 Å². The first kappa shape index (κ1) is 10.8. The molecule has 1 aliphatic carbocycles. The number of aliphatic hydroxyl groups is 1. The standard InChI is InChI=1S/C14H18N2O/c1-9-14(13(8-17)16-10-6-7-10)11-4-2-3-5-12(11)15-9/h2-5,10,13,15-17H,6-8H2,1H3. The molecule has 3 rings (SSSR count). The van der Waals surface area contributed by atoms with Gasteiger partial charge in [0.25, 0.3) is 0 Å². The minimum atomic E-state index is 0.0543. The van der Waals surface area contributed by atoms with Gasteiger partial charge >= 0.3 is 0 Å². The van der Waals surface area contributed by atoms with Crippen LogP contribution in [0.3, 0.4) is 0 Å². The van der Waals surface area contributed by atoms with Crippen molar-refractivity contribution in [2.45, 2.75) is 31.8 Å². The molecule has 1 fully saturated rings. The average Bonchev–Trinajstić information content (AvgIpc) is 3.08. The van der Waals surface area contributed by atoms with E-state index in [-0.39, 0.29) is 12.6 Å². The summed E-state index contributed by atoms with van der Waals surface area (Å²) in [4.78, 5) is 3.38. The Labute approximate surface area is 101 Å². The minimum Gasteiger partial charge on any atom is -0.394 e. The molecule has 1 atom stereocenters. The summed E-state index contributed by atoms with van der Waals surface area (Å²) in [6.45, 7) is 2.23. The zero-order valence-corrected chi connectivity index (χ0v) is 10.0. The van der Waals surface area contributed by atoms with Gasteiger partial charge in [0, 0.05) is 22.6 Å². The molecule has 0 radical (unpaired) electrons. The lowest BCUT2D eigenvalue weighted by molar-refractivity contribution is 0.243. The number of fused-ring (bicyclic) bond motifs is 1. The number of para-hydroxylation sites is 1. The normalized spacial score (nSPS) is 17.5. The molecule has 90 valence electrons. The van der Waals surface area contributed by atoms with Crippen molar-refractivity contribution in [1.29, 1.82) is 0 Å². The van der Waals surface area contributed by atoms with E-state index in [0.717, 1.165) is 11.2 Å². The maximum absolute atomic E-state index is 9.58. The topological polar surface area (TPSA) is 48.0 Å². The lowest BCUT2D eigenvalue weighted by Gasteiger charge is -2.16. The summed E-state index contributed by atoms with van der Waals surface area (Å²) in [5.74, 6) is 0. The molecule has 0 spiro atoms. The predicted molar refractivity (Wildman–Crippen MR) is 69.0 cm³/mol.